The molecule has 0 aromatic heterocycles. The number of nitrogens with zero attached hydrogens (tertiary/aromatic N) is 1. The van der Waals surface area contributed by atoms with Gasteiger partial charge in [-0.3, -0.25) is 9.69 Å². The van der Waals surface area contributed by atoms with Gasteiger partial charge in [-0.15, -0.1) is 0 Å². The first-order chi connectivity index (χ1) is 21.3. The summed E-state index contributed by atoms with van der Waals surface area (Å²) in [7, 11) is 0. The van der Waals surface area contributed by atoms with Crippen LogP contribution in [0.3, 0.4) is 0 Å². The number of likely N-dealkylation sites (tertiary alicyclic amines) is 1. The van der Waals surface area contributed by atoms with Crippen LogP contribution in [0.1, 0.15) is 85.5 Å². The zero-order valence-electron chi connectivity index (χ0n) is 24.5. The number of hydrogen-bond acceptors (Lipinski definition) is 9. The lowest BCUT2D eigenvalue weighted by atomic mass is 9.90. The first-order valence-electron chi connectivity index (χ1n) is 15.0. The van der Waals surface area contributed by atoms with Gasteiger partial charge in [-0.2, -0.15) is 0 Å². The van der Waals surface area contributed by atoms with E-state index in [1.165, 1.54) is 18.2 Å². The molecular formula is C34H36N2O8. The van der Waals surface area contributed by atoms with E-state index in [2.05, 4.69) is 21.9 Å². The molecule has 1 unspecified atom stereocenters. The monoisotopic (exact) mass is 600 g/mol. The van der Waals surface area contributed by atoms with Crippen LogP contribution in [0.15, 0.2) is 66.7 Å². The number of benzene rings is 3. The summed E-state index contributed by atoms with van der Waals surface area (Å²) in [6.45, 7) is 4.10. The third-order valence-electron chi connectivity index (χ3n) is 8.86. The summed E-state index contributed by atoms with van der Waals surface area (Å²) in [4.78, 5) is 38.6. The lowest BCUT2D eigenvalue weighted by Gasteiger charge is -2.43. The van der Waals surface area contributed by atoms with Gasteiger partial charge in [0.25, 0.3) is 5.91 Å². The van der Waals surface area contributed by atoms with Crippen molar-refractivity contribution in [3.63, 3.8) is 0 Å². The van der Waals surface area contributed by atoms with Crippen molar-refractivity contribution in [1.29, 1.82) is 0 Å². The van der Waals surface area contributed by atoms with E-state index in [1.807, 2.05) is 48.5 Å². The van der Waals surface area contributed by atoms with E-state index in [-0.39, 0.29) is 66.5 Å². The van der Waals surface area contributed by atoms with Crippen molar-refractivity contribution in [2.45, 2.75) is 57.5 Å². The molecule has 3 N–H and O–H groups in total. The molecule has 44 heavy (non-hydrogen) atoms. The predicted octanol–water partition coefficient (Wildman–Crippen LogP) is 3.67. The molecule has 1 amide bonds. The highest BCUT2D eigenvalue weighted by Gasteiger charge is 2.40. The number of ether oxygens (including phenoxy) is 3. The van der Waals surface area contributed by atoms with Gasteiger partial charge in [-0.05, 0) is 54.3 Å². The summed E-state index contributed by atoms with van der Waals surface area (Å²) >= 11 is 0. The van der Waals surface area contributed by atoms with Crippen molar-refractivity contribution in [2.75, 3.05) is 19.7 Å². The van der Waals surface area contributed by atoms with E-state index in [1.54, 1.807) is 0 Å². The van der Waals surface area contributed by atoms with Crippen LogP contribution in [0.25, 0.3) is 0 Å². The number of cyclic esters (lactones) is 2. The largest absolute Gasteiger partial charge is 0.395 e. The third-order valence-corrected chi connectivity index (χ3v) is 8.86. The van der Waals surface area contributed by atoms with Gasteiger partial charge in [-0.1, -0.05) is 55.5 Å². The first kappa shape index (κ1) is 30.1. The van der Waals surface area contributed by atoms with Gasteiger partial charge in [0.15, 0.2) is 6.29 Å². The topological polar surface area (TPSA) is 135 Å². The average Bonchev–Trinajstić information content (AvgIpc) is 3.63. The van der Waals surface area contributed by atoms with Crippen molar-refractivity contribution in [3.8, 4) is 0 Å². The number of carbonyl (C=O) groups excluding carboxylic acids is 3. The molecule has 3 aliphatic rings. The molecule has 10 nitrogen and oxygen atoms in total. The van der Waals surface area contributed by atoms with E-state index < -0.39 is 18.2 Å². The molecule has 3 heterocycles. The standard InChI is InChI=1S/C34H36N2O8/c1-20-29(17-36-14-2-3-26(36)19-38)42-34(43-30(20)23-8-6-22(18-37)7-9-23)24-10-4-21(5-11-24)16-35-31(39)25-12-13-27-28(15-25)33(41)44-32(27)40/h4-13,15,20,26,29-30,34,37-38H,2-3,14,16-19H2,1H3,(H,35,39)/t20-,26-,29+,30+,34?/m0/s1. The summed E-state index contributed by atoms with van der Waals surface area (Å²) in [5.41, 5.74) is 4.05. The molecule has 0 aliphatic carbocycles. The summed E-state index contributed by atoms with van der Waals surface area (Å²) in [5.74, 6) is -1.80. The second-order valence-corrected chi connectivity index (χ2v) is 11.7. The fraction of sp³-hybridized carbons (Fsp3) is 0.382. The Morgan fingerprint density at radius 2 is 1.61 bits per heavy atom. The number of rotatable bonds is 9. The predicted molar refractivity (Wildman–Crippen MR) is 158 cm³/mol. The van der Waals surface area contributed by atoms with Crippen LogP contribution in [0.2, 0.25) is 0 Å². The van der Waals surface area contributed by atoms with Gasteiger partial charge in [0.1, 0.15) is 0 Å². The number of aliphatic hydroxyl groups is 2. The maximum absolute atomic E-state index is 12.8. The molecule has 3 aliphatic heterocycles. The lowest BCUT2D eigenvalue weighted by Crippen LogP contribution is -2.46. The van der Waals surface area contributed by atoms with Crippen LogP contribution in [0.5, 0.6) is 0 Å². The van der Waals surface area contributed by atoms with Crippen LogP contribution in [-0.4, -0.2) is 64.8 Å². The number of aliphatic hydroxyl groups excluding tert-OH is 2. The van der Waals surface area contributed by atoms with E-state index in [0.717, 1.165) is 41.6 Å². The molecule has 10 heteroatoms. The fourth-order valence-corrected chi connectivity index (χ4v) is 6.21. The van der Waals surface area contributed by atoms with E-state index in [9.17, 15) is 24.6 Å². The Kier molecular flexibility index (Phi) is 8.88. The van der Waals surface area contributed by atoms with Crippen molar-refractivity contribution in [1.82, 2.24) is 10.2 Å². The summed E-state index contributed by atoms with van der Waals surface area (Å²) < 4.78 is 17.7. The van der Waals surface area contributed by atoms with Gasteiger partial charge in [0, 0.05) is 36.2 Å². The number of nitrogens with one attached hydrogen (secondary N) is 1. The Bertz CT molecular complexity index is 1520. The molecule has 6 rings (SSSR count). The minimum absolute atomic E-state index is 0.0248. The Morgan fingerprint density at radius 1 is 0.909 bits per heavy atom. The molecule has 5 atom stereocenters. The van der Waals surface area contributed by atoms with Crippen LogP contribution in [0, 0.1) is 5.92 Å². The molecule has 2 saturated heterocycles. The highest BCUT2D eigenvalue weighted by atomic mass is 16.7. The molecule has 2 fully saturated rings. The third kappa shape index (κ3) is 6.17. The first-order valence-corrected chi connectivity index (χ1v) is 15.0. The van der Waals surface area contributed by atoms with Gasteiger partial charge in [0.2, 0.25) is 0 Å². The quantitative estimate of drug-likeness (QED) is 0.248. The average molecular weight is 601 g/mol. The number of carbonyl (C=O) groups is 3. The Balaban J connectivity index is 1.15. The maximum Gasteiger partial charge on any atom is 0.346 e. The van der Waals surface area contributed by atoms with Crippen LogP contribution in [0.4, 0.5) is 0 Å². The minimum Gasteiger partial charge on any atom is -0.395 e. The van der Waals surface area contributed by atoms with E-state index in [0.29, 0.717) is 6.54 Å². The summed E-state index contributed by atoms with van der Waals surface area (Å²) in [5, 5.41) is 22.2. The van der Waals surface area contributed by atoms with Gasteiger partial charge >= 0.3 is 11.9 Å². The van der Waals surface area contributed by atoms with Crippen LogP contribution >= 0.6 is 0 Å². The van der Waals surface area contributed by atoms with Crippen molar-refractivity contribution in [3.05, 3.63) is 106 Å². The molecule has 0 spiro atoms. The summed E-state index contributed by atoms with van der Waals surface area (Å²) in [6, 6.07) is 19.9. The maximum atomic E-state index is 12.8. The molecule has 0 radical (unpaired) electrons. The number of hydrogen-bond donors (Lipinski definition) is 3. The highest BCUT2D eigenvalue weighted by Crippen LogP contribution is 2.42. The minimum atomic E-state index is -0.753. The van der Waals surface area contributed by atoms with E-state index in [4.69, 9.17) is 9.47 Å². The Morgan fingerprint density at radius 3 is 2.34 bits per heavy atom. The van der Waals surface area contributed by atoms with Gasteiger partial charge in [0.05, 0.1) is 36.5 Å². The van der Waals surface area contributed by atoms with Crippen LogP contribution < -0.4 is 5.32 Å². The second-order valence-electron chi connectivity index (χ2n) is 11.7. The Hall–Kier alpha value is -3.93. The zero-order valence-corrected chi connectivity index (χ0v) is 24.5. The molecule has 0 saturated carbocycles. The second kappa shape index (κ2) is 13.0. The van der Waals surface area contributed by atoms with Crippen molar-refractivity contribution >= 4 is 17.8 Å². The lowest BCUT2D eigenvalue weighted by molar-refractivity contribution is -0.276. The molecular weight excluding hydrogens is 564 g/mol. The van der Waals surface area contributed by atoms with Crippen LogP contribution in [-0.2, 0) is 27.4 Å². The van der Waals surface area contributed by atoms with Crippen molar-refractivity contribution in [2.24, 2.45) is 5.92 Å². The highest BCUT2D eigenvalue weighted by molar-refractivity contribution is 6.15. The SMILES string of the molecule is C[C@H]1[C@@H](CN2CCC[C@H]2CO)OC(c2ccc(CNC(=O)c3ccc4c(c3)C(=O)OC4=O)cc2)O[C@H]1c1ccc(CO)cc1. The van der Waals surface area contributed by atoms with Gasteiger partial charge in [-0.25, -0.2) is 9.59 Å². The van der Waals surface area contributed by atoms with Gasteiger partial charge < -0.3 is 29.7 Å². The smallest absolute Gasteiger partial charge is 0.346 e. The number of fused-ring (bicyclic) bond motifs is 1. The van der Waals surface area contributed by atoms with Crippen molar-refractivity contribution < 1.29 is 38.8 Å². The molecule has 230 valence electrons. The molecule has 3 aromatic rings. The summed E-state index contributed by atoms with van der Waals surface area (Å²) in [6.07, 6.45) is 1.03. The molecule has 3 aromatic carbocycles. The number of esters is 2. The van der Waals surface area contributed by atoms with E-state index >= 15 is 0 Å². The fourth-order valence-electron chi connectivity index (χ4n) is 6.21. The molecule has 0 bridgehead atoms. The Labute approximate surface area is 255 Å². The number of amides is 1. The normalized spacial score (nSPS) is 25.1. The zero-order chi connectivity index (χ0) is 30.8.